The number of anilines is 1. The van der Waals surface area contributed by atoms with Gasteiger partial charge >= 0.3 is 12.1 Å². The molecule has 2 amide bonds. The molecule has 176 valence electrons. The van der Waals surface area contributed by atoms with E-state index in [4.69, 9.17) is 11.6 Å². The zero-order chi connectivity index (χ0) is 24.5. The van der Waals surface area contributed by atoms with Gasteiger partial charge in [-0.05, 0) is 30.3 Å². The van der Waals surface area contributed by atoms with Crippen molar-refractivity contribution in [3.63, 3.8) is 0 Å². The van der Waals surface area contributed by atoms with Crippen molar-refractivity contribution in [1.29, 1.82) is 0 Å². The maximum Gasteiger partial charge on any atom is 0.490 e. The Morgan fingerprint density at radius 3 is 2.68 bits per heavy atom. The number of pyridine rings is 1. The van der Waals surface area contributed by atoms with Gasteiger partial charge in [-0.15, -0.1) is 0 Å². The molecule has 0 fully saturated rings. The van der Waals surface area contributed by atoms with Gasteiger partial charge in [0, 0.05) is 47.4 Å². The van der Waals surface area contributed by atoms with Crippen LogP contribution in [0.3, 0.4) is 0 Å². The van der Waals surface area contributed by atoms with Crippen LogP contribution in [0.25, 0.3) is 22.5 Å². The van der Waals surface area contributed by atoms with Crippen LogP contribution >= 0.6 is 11.6 Å². The summed E-state index contributed by atoms with van der Waals surface area (Å²) in [4.78, 5) is 42.5. The number of nitrogens with one attached hydrogen (secondary N) is 3. The topological polar surface area (TPSA) is 113 Å². The van der Waals surface area contributed by atoms with Crippen LogP contribution in [0.4, 0.5) is 18.9 Å². The molecule has 0 saturated carbocycles. The summed E-state index contributed by atoms with van der Waals surface area (Å²) >= 11 is 5.48. The molecular weight excluding hydrogens is 477 g/mol. The van der Waals surface area contributed by atoms with Crippen LogP contribution in [0.5, 0.6) is 0 Å². The Morgan fingerprint density at radius 1 is 1.15 bits per heavy atom. The molecule has 0 spiro atoms. The molecule has 1 atom stereocenters. The first-order valence-corrected chi connectivity index (χ1v) is 10.3. The van der Waals surface area contributed by atoms with E-state index in [1.807, 2.05) is 0 Å². The number of ether oxygens (including phenoxy) is 1. The molecule has 1 aromatic carbocycles. The second-order valence-electron chi connectivity index (χ2n) is 7.30. The van der Waals surface area contributed by atoms with Crippen LogP contribution < -0.4 is 10.6 Å². The highest BCUT2D eigenvalue weighted by molar-refractivity contribution is 6.32. The van der Waals surface area contributed by atoms with Crippen molar-refractivity contribution in [2.75, 3.05) is 11.9 Å². The highest BCUT2D eigenvalue weighted by Crippen LogP contribution is 2.28. The quantitative estimate of drug-likeness (QED) is 0.372. The minimum absolute atomic E-state index is 0.139. The van der Waals surface area contributed by atoms with Crippen molar-refractivity contribution in [1.82, 2.24) is 15.3 Å². The molecule has 3 aromatic rings. The molecule has 0 saturated heterocycles. The third-order valence-electron chi connectivity index (χ3n) is 4.95. The second kappa shape index (κ2) is 9.18. The van der Waals surface area contributed by atoms with E-state index in [1.165, 1.54) is 12.1 Å². The van der Waals surface area contributed by atoms with Gasteiger partial charge in [0.25, 0.3) is 17.4 Å². The molecule has 8 nitrogen and oxygen atoms in total. The van der Waals surface area contributed by atoms with Gasteiger partial charge in [-0.3, -0.25) is 14.6 Å². The van der Waals surface area contributed by atoms with Crippen molar-refractivity contribution in [3.05, 3.63) is 59.9 Å². The minimum atomic E-state index is -5.27. The predicted octanol–water partition coefficient (Wildman–Crippen LogP) is 3.64. The van der Waals surface area contributed by atoms with Crippen LogP contribution in [-0.4, -0.2) is 46.0 Å². The fourth-order valence-electron chi connectivity index (χ4n) is 3.37. The van der Waals surface area contributed by atoms with Crippen LogP contribution in [0.2, 0.25) is 0 Å². The monoisotopic (exact) mass is 492 g/mol. The number of aromatic amines is 1. The Kier molecular flexibility index (Phi) is 6.29. The molecule has 0 radical (unpaired) electrons. The lowest BCUT2D eigenvalue weighted by atomic mass is 10.1. The van der Waals surface area contributed by atoms with Gasteiger partial charge in [0.2, 0.25) is 0 Å². The fraction of sp³-hybridized carbons (Fsp3) is 0.182. The Morgan fingerprint density at radius 2 is 1.94 bits per heavy atom. The summed E-state index contributed by atoms with van der Waals surface area (Å²) in [6.45, 7) is 0.560. The van der Waals surface area contributed by atoms with Crippen LogP contribution in [0.1, 0.15) is 16.1 Å². The summed E-state index contributed by atoms with van der Waals surface area (Å²) in [5, 5.41) is 5.09. The normalized spacial score (nSPS) is 14.1. The third-order valence-corrected chi connectivity index (χ3v) is 5.24. The second-order valence-corrected chi connectivity index (χ2v) is 7.70. The Labute approximate surface area is 195 Å². The van der Waals surface area contributed by atoms with E-state index in [2.05, 4.69) is 25.3 Å². The van der Waals surface area contributed by atoms with Crippen molar-refractivity contribution in [3.8, 4) is 22.5 Å². The summed E-state index contributed by atoms with van der Waals surface area (Å²) in [7, 11) is 0. The number of H-pyrrole nitrogens is 1. The van der Waals surface area contributed by atoms with Gasteiger partial charge in [-0.25, -0.2) is 4.79 Å². The Bertz CT molecular complexity index is 1280. The maximum atomic E-state index is 12.3. The van der Waals surface area contributed by atoms with E-state index >= 15 is 0 Å². The molecule has 1 aliphatic heterocycles. The Balaban J connectivity index is 1.52. The molecule has 0 aliphatic carbocycles. The molecule has 34 heavy (non-hydrogen) atoms. The smallest absolute Gasteiger partial charge is 0.429 e. The van der Waals surface area contributed by atoms with Crippen molar-refractivity contribution in [2.24, 2.45) is 0 Å². The van der Waals surface area contributed by atoms with Gasteiger partial charge in [0.05, 0.1) is 11.3 Å². The lowest BCUT2D eigenvalue weighted by Crippen LogP contribution is -2.34. The number of alkyl halides is 4. The number of amides is 2. The Hall–Kier alpha value is -3.86. The first kappa shape index (κ1) is 23.3. The first-order chi connectivity index (χ1) is 16.1. The van der Waals surface area contributed by atoms with E-state index in [9.17, 15) is 27.6 Å². The zero-order valence-electron chi connectivity index (χ0n) is 17.2. The highest BCUT2D eigenvalue weighted by Gasteiger charge is 2.43. The van der Waals surface area contributed by atoms with Crippen LogP contribution in [0.15, 0.2) is 48.7 Å². The molecule has 1 aliphatic rings. The fourth-order valence-corrected chi connectivity index (χ4v) is 3.51. The number of benzene rings is 1. The average molecular weight is 493 g/mol. The SMILES string of the molecule is O=C1NCCc2[nH]c(-c3ccnc(-c4cccc(NC(=O)C(Cl)OC(=O)C(F)(F)F)c4)c3)cc21. The number of aromatic nitrogens is 2. The summed E-state index contributed by atoms with van der Waals surface area (Å²) in [6, 6.07) is 11.7. The minimum Gasteiger partial charge on any atom is -0.429 e. The van der Waals surface area contributed by atoms with Crippen molar-refractivity contribution in [2.45, 2.75) is 18.2 Å². The highest BCUT2D eigenvalue weighted by atomic mass is 35.5. The third kappa shape index (κ3) is 5.04. The van der Waals surface area contributed by atoms with E-state index in [1.54, 1.807) is 36.5 Å². The average Bonchev–Trinajstić information content (AvgIpc) is 3.24. The number of esters is 1. The number of hydrogen-bond donors (Lipinski definition) is 3. The molecular formula is C22H16ClF3N4O4. The maximum absolute atomic E-state index is 12.3. The summed E-state index contributed by atoms with van der Waals surface area (Å²) in [5.41, 5.74) is 2.12. The molecule has 1 unspecified atom stereocenters. The molecule has 4 rings (SSSR count). The lowest BCUT2D eigenvalue weighted by Gasteiger charge is -2.13. The van der Waals surface area contributed by atoms with Gasteiger partial charge < -0.3 is 20.4 Å². The van der Waals surface area contributed by atoms with E-state index in [-0.39, 0.29) is 11.6 Å². The number of fused-ring (bicyclic) bond motifs is 1. The van der Waals surface area contributed by atoms with Gasteiger partial charge in [-0.1, -0.05) is 23.7 Å². The number of halogens is 4. The molecule has 3 heterocycles. The molecule has 12 heteroatoms. The molecule has 0 bridgehead atoms. The summed E-state index contributed by atoms with van der Waals surface area (Å²) in [6.07, 6.45) is -2.99. The van der Waals surface area contributed by atoms with E-state index < -0.39 is 23.6 Å². The number of carbonyl (C=O) groups is 3. The van der Waals surface area contributed by atoms with E-state index in [0.29, 0.717) is 29.8 Å². The summed E-state index contributed by atoms with van der Waals surface area (Å²) < 4.78 is 40.8. The zero-order valence-corrected chi connectivity index (χ0v) is 18.0. The van der Waals surface area contributed by atoms with Crippen molar-refractivity contribution >= 4 is 35.1 Å². The van der Waals surface area contributed by atoms with Gasteiger partial charge in [0.1, 0.15) is 0 Å². The van der Waals surface area contributed by atoms with Gasteiger partial charge in [-0.2, -0.15) is 13.2 Å². The first-order valence-electron chi connectivity index (χ1n) is 9.91. The molecule has 3 N–H and O–H groups in total. The predicted molar refractivity (Wildman–Crippen MR) is 116 cm³/mol. The van der Waals surface area contributed by atoms with Crippen LogP contribution in [0, 0.1) is 0 Å². The van der Waals surface area contributed by atoms with Crippen LogP contribution in [-0.2, 0) is 20.7 Å². The van der Waals surface area contributed by atoms with Crippen molar-refractivity contribution < 1.29 is 32.3 Å². The number of hydrogen-bond acceptors (Lipinski definition) is 5. The van der Waals surface area contributed by atoms with Gasteiger partial charge in [0.15, 0.2) is 0 Å². The standard InChI is InChI=1S/C22H16ClF3N4O4/c23-18(34-21(33)22(24,25)26)20(32)29-13-3-1-2-11(8-13)16-9-12(4-6-27-16)17-10-14-15(30-17)5-7-28-19(14)31/h1-4,6,8-10,18,30H,5,7H2,(H,28,31)(H,29,32). The number of carbonyl (C=O) groups excluding carboxylic acids is 3. The number of rotatable bonds is 5. The summed E-state index contributed by atoms with van der Waals surface area (Å²) in [5.74, 6) is -3.85. The number of nitrogens with zero attached hydrogens (tertiary/aromatic N) is 1. The lowest BCUT2D eigenvalue weighted by molar-refractivity contribution is -0.201. The molecule has 2 aromatic heterocycles. The van der Waals surface area contributed by atoms with E-state index in [0.717, 1.165) is 17.0 Å². The largest absolute Gasteiger partial charge is 0.490 e.